The molecule has 5 rings (SSSR count). The Morgan fingerprint density at radius 1 is 1.15 bits per heavy atom. The van der Waals surface area contributed by atoms with Crippen LogP contribution in [0.4, 0.5) is 16.2 Å². The van der Waals surface area contributed by atoms with Gasteiger partial charge in [-0.25, -0.2) is 4.79 Å². The molecule has 4 fully saturated rings. The topological polar surface area (TPSA) is 67.4 Å². The summed E-state index contributed by atoms with van der Waals surface area (Å²) in [6, 6.07) is 7.16. The van der Waals surface area contributed by atoms with Crippen LogP contribution >= 0.6 is 15.9 Å². The van der Waals surface area contributed by atoms with Gasteiger partial charge in [-0.15, -0.1) is 0 Å². The quantitative estimate of drug-likeness (QED) is 0.678. The number of alkyl halides is 1. The Kier molecular flexibility index (Phi) is 4.49. The van der Waals surface area contributed by atoms with Gasteiger partial charge in [-0.05, 0) is 74.0 Å². The van der Waals surface area contributed by atoms with Crippen LogP contribution in [0.3, 0.4) is 0 Å². The molecule has 5 nitrogen and oxygen atoms in total. The van der Waals surface area contributed by atoms with Gasteiger partial charge in [0.25, 0.3) is 0 Å². The summed E-state index contributed by atoms with van der Waals surface area (Å²) in [7, 11) is 1.32. The number of nitrogens with one attached hydrogen (secondary N) is 2. The number of hydrogen-bond acceptors (Lipinski definition) is 3. The van der Waals surface area contributed by atoms with E-state index in [2.05, 4.69) is 31.3 Å². The number of ether oxygens (including phenoxy) is 1. The number of carbonyl (C=O) groups is 2. The maximum atomic E-state index is 12.8. The zero-order chi connectivity index (χ0) is 18.4. The van der Waals surface area contributed by atoms with Crippen LogP contribution in [-0.4, -0.2) is 23.4 Å². The van der Waals surface area contributed by atoms with Gasteiger partial charge in [-0.2, -0.15) is 0 Å². The molecule has 0 radical (unpaired) electrons. The van der Waals surface area contributed by atoms with Crippen molar-refractivity contribution in [3.8, 4) is 0 Å². The van der Waals surface area contributed by atoms with Crippen molar-refractivity contribution in [3.63, 3.8) is 0 Å². The lowest BCUT2D eigenvalue weighted by Crippen LogP contribution is -2.53. The molecule has 0 heterocycles. The van der Waals surface area contributed by atoms with Crippen molar-refractivity contribution in [2.45, 2.75) is 49.3 Å². The van der Waals surface area contributed by atoms with Crippen molar-refractivity contribution in [2.24, 2.45) is 17.3 Å². The first-order valence-corrected chi connectivity index (χ1v) is 10.1. The highest BCUT2D eigenvalue weighted by molar-refractivity contribution is 9.10. The van der Waals surface area contributed by atoms with E-state index in [1.54, 1.807) is 18.2 Å². The second kappa shape index (κ2) is 6.55. The maximum absolute atomic E-state index is 12.8. The minimum absolute atomic E-state index is 0.0678. The van der Waals surface area contributed by atoms with Crippen LogP contribution in [0.2, 0.25) is 0 Å². The van der Waals surface area contributed by atoms with E-state index in [1.165, 1.54) is 39.2 Å². The molecule has 2 unspecified atom stereocenters. The lowest BCUT2D eigenvalue weighted by atomic mass is 9.48. The predicted octanol–water partition coefficient (Wildman–Crippen LogP) is 4.93. The molecule has 0 spiro atoms. The lowest BCUT2D eigenvalue weighted by Gasteiger charge is -2.60. The van der Waals surface area contributed by atoms with Crippen LogP contribution in [0, 0.1) is 17.3 Å². The van der Waals surface area contributed by atoms with Gasteiger partial charge in [0, 0.05) is 22.1 Å². The van der Waals surface area contributed by atoms with E-state index in [9.17, 15) is 9.59 Å². The number of anilines is 2. The number of carbonyl (C=O) groups excluding carboxylic acids is 2. The fourth-order valence-corrected chi connectivity index (χ4v) is 7.44. The van der Waals surface area contributed by atoms with E-state index in [0.717, 1.165) is 18.3 Å². The Labute approximate surface area is 162 Å². The largest absolute Gasteiger partial charge is 0.453 e. The second-order valence-corrected chi connectivity index (χ2v) is 10.2. The molecule has 1 aromatic rings. The van der Waals surface area contributed by atoms with Gasteiger partial charge < -0.3 is 10.1 Å². The van der Waals surface area contributed by atoms with Crippen LogP contribution in [0.5, 0.6) is 0 Å². The van der Waals surface area contributed by atoms with E-state index in [0.29, 0.717) is 17.8 Å². The highest BCUT2D eigenvalue weighted by Gasteiger charge is 2.57. The van der Waals surface area contributed by atoms with E-state index in [4.69, 9.17) is 0 Å². The molecular weight excluding hydrogens is 396 g/mol. The normalized spacial score (nSPS) is 34.4. The zero-order valence-corrected chi connectivity index (χ0v) is 16.6. The number of benzene rings is 1. The van der Waals surface area contributed by atoms with Crippen molar-refractivity contribution < 1.29 is 14.3 Å². The molecule has 6 heteroatoms. The average molecular weight is 421 g/mol. The zero-order valence-electron chi connectivity index (χ0n) is 15.0. The van der Waals surface area contributed by atoms with Crippen LogP contribution in [0.15, 0.2) is 24.3 Å². The van der Waals surface area contributed by atoms with Gasteiger partial charge in [0.15, 0.2) is 0 Å². The predicted molar refractivity (Wildman–Crippen MR) is 104 cm³/mol. The monoisotopic (exact) mass is 420 g/mol. The summed E-state index contributed by atoms with van der Waals surface area (Å²) < 4.78 is 4.87. The van der Waals surface area contributed by atoms with Gasteiger partial charge >= 0.3 is 6.09 Å². The lowest BCUT2D eigenvalue weighted by molar-refractivity contribution is -0.123. The molecule has 140 valence electrons. The molecule has 2 amide bonds. The molecule has 4 bridgehead atoms. The van der Waals surface area contributed by atoms with Crippen molar-refractivity contribution in [1.82, 2.24) is 0 Å². The number of methoxy groups -OCH3 is 1. The third-order valence-electron chi connectivity index (χ3n) is 6.22. The Hall–Kier alpha value is -1.56. The van der Waals surface area contributed by atoms with Crippen LogP contribution in [0.25, 0.3) is 0 Å². The van der Waals surface area contributed by atoms with Crippen LogP contribution < -0.4 is 10.6 Å². The molecule has 4 aliphatic rings. The van der Waals surface area contributed by atoms with Gasteiger partial charge in [0.2, 0.25) is 5.91 Å². The summed E-state index contributed by atoms with van der Waals surface area (Å²) in [5, 5.41) is 5.63. The van der Waals surface area contributed by atoms with E-state index >= 15 is 0 Å². The number of halogens is 1. The smallest absolute Gasteiger partial charge is 0.411 e. The molecule has 4 aliphatic carbocycles. The molecule has 0 aliphatic heterocycles. The van der Waals surface area contributed by atoms with Crippen molar-refractivity contribution in [2.75, 3.05) is 17.7 Å². The molecular formula is C20H25BrN2O3. The van der Waals surface area contributed by atoms with E-state index in [1.807, 2.05) is 6.07 Å². The van der Waals surface area contributed by atoms with Gasteiger partial charge in [-0.3, -0.25) is 10.1 Å². The molecule has 2 atom stereocenters. The Morgan fingerprint density at radius 3 is 2.42 bits per heavy atom. The number of rotatable bonds is 4. The first-order valence-electron chi connectivity index (χ1n) is 9.31. The maximum Gasteiger partial charge on any atom is 0.411 e. The van der Waals surface area contributed by atoms with E-state index < -0.39 is 6.09 Å². The average Bonchev–Trinajstić information content (AvgIpc) is 2.51. The minimum atomic E-state index is -0.523. The summed E-state index contributed by atoms with van der Waals surface area (Å²) >= 11 is 4.00. The van der Waals surface area contributed by atoms with Crippen LogP contribution in [-0.2, 0) is 9.53 Å². The van der Waals surface area contributed by atoms with Crippen molar-refractivity contribution in [3.05, 3.63) is 24.3 Å². The summed E-state index contributed by atoms with van der Waals surface area (Å²) in [6.07, 6.45) is 7.44. The van der Waals surface area contributed by atoms with Crippen molar-refractivity contribution >= 4 is 39.3 Å². The summed E-state index contributed by atoms with van der Waals surface area (Å²) in [6.45, 7) is 0. The Bertz CT molecular complexity index is 722. The number of amides is 2. The number of hydrogen-bond donors (Lipinski definition) is 2. The van der Waals surface area contributed by atoms with E-state index in [-0.39, 0.29) is 15.6 Å². The highest BCUT2D eigenvalue weighted by atomic mass is 79.9. The molecule has 2 N–H and O–H groups in total. The fraction of sp³-hybridized carbons (Fsp3) is 0.600. The third-order valence-corrected chi connectivity index (χ3v) is 7.15. The summed E-state index contributed by atoms with van der Waals surface area (Å²) in [4.78, 5) is 24.1. The summed E-state index contributed by atoms with van der Waals surface area (Å²) in [5.41, 5.74) is 1.45. The summed E-state index contributed by atoms with van der Waals surface area (Å²) in [5.74, 6) is 1.62. The fourth-order valence-electron chi connectivity index (χ4n) is 5.93. The first kappa shape index (κ1) is 17.8. The molecule has 26 heavy (non-hydrogen) atoms. The van der Waals surface area contributed by atoms with Gasteiger partial charge in [-0.1, -0.05) is 22.0 Å². The first-order chi connectivity index (χ1) is 12.4. The van der Waals surface area contributed by atoms with Crippen LogP contribution in [0.1, 0.15) is 44.9 Å². The SMILES string of the molecule is COC(=O)Nc1cccc(NC(=O)CC23CC4CC(CC(Br)(C4)C2)C3)c1. The molecule has 0 aromatic heterocycles. The Morgan fingerprint density at radius 2 is 1.81 bits per heavy atom. The standard InChI is InChI=1S/C20H25BrN2O3/c1-26-18(25)23-16-4-2-3-15(6-16)22-17(24)11-19-7-13-5-14(8-19)10-20(21,9-13)12-19/h2-4,6,13-14H,5,7-12H2,1H3,(H,22,24)(H,23,25). The highest BCUT2D eigenvalue weighted by Crippen LogP contribution is 2.65. The Balaban J connectivity index is 1.42. The van der Waals surface area contributed by atoms with Gasteiger partial charge in [0.05, 0.1) is 7.11 Å². The molecule has 0 saturated heterocycles. The third kappa shape index (κ3) is 3.61. The molecule has 1 aromatic carbocycles. The second-order valence-electron chi connectivity index (χ2n) is 8.53. The molecule has 4 saturated carbocycles. The van der Waals surface area contributed by atoms with Crippen molar-refractivity contribution in [1.29, 1.82) is 0 Å². The minimum Gasteiger partial charge on any atom is -0.453 e. The van der Waals surface area contributed by atoms with Gasteiger partial charge in [0.1, 0.15) is 0 Å².